The molecule has 2 unspecified atom stereocenters. The normalized spacial score (nSPS) is 24.4. The maximum atomic E-state index is 8.11. The van der Waals surface area contributed by atoms with Gasteiger partial charge in [0, 0.05) is 23.8 Å². The molecule has 14 heavy (non-hydrogen) atoms. The highest BCUT2D eigenvalue weighted by Gasteiger charge is 2.36. The van der Waals surface area contributed by atoms with Crippen molar-refractivity contribution in [3.05, 3.63) is 34.1 Å². The van der Waals surface area contributed by atoms with Crippen LogP contribution >= 0.6 is 0 Å². The van der Waals surface area contributed by atoms with Crippen molar-refractivity contribution in [3.63, 3.8) is 0 Å². The van der Waals surface area contributed by atoms with Crippen LogP contribution in [0.3, 0.4) is 0 Å². The predicted molar refractivity (Wildman–Crippen MR) is 52.9 cm³/mol. The highest BCUT2D eigenvalue weighted by atomic mass is 16.3. The summed E-state index contributed by atoms with van der Waals surface area (Å²) in [5, 5.41) is 3.47. The van der Waals surface area contributed by atoms with E-state index in [-0.39, 0.29) is 0 Å². The van der Waals surface area contributed by atoms with Crippen molar-refractivity contribution in [2.75, 3.05) is 6.54 Å². The van der Waals surface area contributed by atoms with Gasteiger partial charge in [0.05, 0.1) is 0 Å². The van der Waals surface area contributed by atoms with E-state index in [2.05, 4.69) is 16.9 Å². The molecule has 0 bridgehead atoms. The molecule has 0 aliphatic heterocycles. The summed E-state index contributed by atoms with van der Waals surface area (Å²) < 4.78 is 5.64. The van der Waals surface area contributed by atoms with Gasteiger partial charge in [-0.3, -0.25) is 0 Å². The summed E-state index contributed by atoms with van der Waals surface area (Å²) >= 11 is 0. The number of nitrogens with zero attached hydrogens (tertiary/aromatic N) is 3. The molecule has 4 heteroatoms. The quantitative estimate of drug-likeness (QED) is 0.409. The largest absolute Gasteiger partial charge is 0.466 e. The summed E-state index contributed by atoms with van der Waals surface area (Å²) in [6, 6.07) is 4.02. The summed E-state index contributed by atoms with van der Waals surface area (Å²) in [4.78, 5) is 2.70. The first-order valence-corrected chi connectivity index (χ1v) is 4.90. The first kappa shape index (κ1) is 9.16. The van der Waals surface area contributed by atoms with Gasteiger partial charge in [0.25, 0.3) is 0 Å². The third-order valence-electron chi connectivity index (χ3n) is 2.68. The second-order valence-electron chi connectivity index (χ2n) is 3.83. The third-order valence-corrected chi connectivity index (χ3v) is 2.68. The van der Waals surface area contributed by atoms with Gasteiger partial charge in [-0.1, -0.05) is 12.0 Å². The van der Waals surface area contributed by atoms with Gasteiger partial charge in [-0.2, -0.15) is 0 Å². The van der Waals surface area contributed by atoms with Gasteiger partial charge >= 0.3 is 0 Å². The molecule has 1 saturated carbocycles. The number of rotatable bonds is 4. The van der Waals surface area contributed by atoms with Gasteiger partial charge in [0.1, 0.15) is 11.5 Å². The van der Waals surface area contributed by atoms with E-state index in [4.69, 9.17) is 9.95 Å². The van der Waals surface area contributed by atoms with E-state index < -0.39 is 0 Å². The average Bonchev–Trinajstić information content (AvgIpc) is 2.74. The molecular formula is C10H13N3O. The molecule has 0 N–H and O–H groups in total. The Kier molecular flexibility index (Phi) is 2.46. The van der Waals surface area contributed by atoms with Crippen molar-refractivity contribution in [2.45, 2.75) is 25.7 Å². The van der Waals surface area contributed by atoms with E-state index in [1.807, 2.05) is 12.1 Å². The highest BCUT2D eigenvalue weighted by Crippen LogP contribution is 2.47. The zero-order chi connectivity index (χ0) is 9.97. The van der Waals surface area contributed by atoms with Gasteiger partial charge in [-0.25, -0.2) is 0 Å². The second-order valence-corrected chi connectivity index (χ2v) is 3.83. The van der Waals surface area contributed by atoms with Crippen molar-refractivity contribution in [1.82, 2.24) is 0 Å². The van der Waals surface area contributed by atoms with Crippen molar-refractivity contribution in [3.8, 4) is 0 Å². The summed E-state index contributed by atoms with van der Waals surface area (Å²) in [5.41, 5.74) is 8.11. The van der Waals surface area contributed by atoms with Crippen LogP contribution in [-0.4, -0.2) is 6.54 Å². The van der Waals surface area contributed by atoms with Crippen LogP contribution in [0.1, 0.15) is 30.8 Å². The van der Waals surface area contributed by atoms with Gasteiger partial charge in [0.2, 0.25) is 0 Å². The number of hydrogen-bond donors (Lipinski definition) is 0. The van der Waals surface area contributed by atoms with Crippen LogP contribution in [0.4, 0.5) is 0 Å². The van der Waals surface area contributed by atoms with Gasteiger partial charge in [0.15, 0.2) is 0 Å². The fraction of sp³-hybridized carbons (Fsp3) is 0.600. The fourth-order valence-electron chi connectivity index (χ4n) is 1.65. The van der Waals surface area contributed by atoms with Crippen LogP contribution in [-0.2, 0) is 6.42 Å². The van der Waals surface area contributed by atoms with Crippen LogP contribution in [0.2, 0.25) is 0 Å². The molecule has 1 aromatic heterocycles. The smallest absolute Gasteiger partial charge is 0.107 e. The first-order chi connectivity index (χ1) is 6.81. The monoisotopic (exact) mass is 191 g/mol. The first-order valence-electron chi connectivity index (χ1n) is 4.90. The average molecular weight is 191 g/mol. The predicted octanol–water partition coefficient (Wildman–Crippen LogP) is 3.26. The molecule has 0 radical (unpaired) electrons. The molecule has 4 nitrogen and oxygen atoms in total. The molecule has 1 aliphatic rings. The SMILES string of the molecule is CC1CC1c1ccc(CCN=[N+]=[N-])o1. The number of azide groups is 1. The lowest BCUT2D eigenvalue weighted by Crippen LogP contribution is -1.84. The minimum Gasteiger partial charge on any atom is -0.466 e. The molecular weight excluding hydrogens is 178 g/mol. The van der Waals surface area contributed by atoms with E-state index >= 15 is 0 Å². The Bertz CT molecular complexity index is 365. The lowest BCUT2D eigenvalue weighted by atomic mass is 10.3. The number of furan rings is 1. The Balaban J connectivity index is 1.93. The molecule has 0 saturated heterocycles. The lowest BCUT2D eigenvalue weighted by molar-refractivity contribution is 0.463. The summed E-state index contributed by atoms with van der Waals surface area (Å²) in [6.45, 7) is 2.70. The zero-order valence-electron chi connectivity index (χ0n) is 8.18. The van der Waals surface area contributed by atoms with Crippen LogP contribution < -0.4 is 0 Å². The zero-order valence-corrected chi connectivity index (χ0v) is 8.18. The fourth-order valence-corrected chi connectivity index (χ4v) is 1.65. The van der Waals surface area contributed by atoms with Crippen molar-refractivity contribution in [1.29, 1.82) is 0 Å². The van der Waals surface area contributed by atoms with Crippen molar-refractivity contribution < 1.29 is 4.42 Å². The van der Waals surface area contributed by atoms with Crippen LogP contribution in [0.25, 0.3) is 10.4 Å². The van der Waals surface area contributed by atoms with E-state index in [9.17, 15) is 0 Å². The Hall–Kier alpha value is -1.41. The van der Waals surface area contributed by atoms with Crippen LogP contribution in [0, 0.1) is 5.92 Å². The maximum Gasteiger partial charge on any atom is 0.107 e. The van der Waals surface area contributed by atoms with E-state index in [1.165, 1.54) is 6.42 Å². The topological polar surface area (TPSA) is 61.9 Å². The van der Waals surface area contributed by atoms with E-state index in [0.717, 1.165) is 17.4 Å². The summed E-state index contributed by atoms with van der Waals surface area (Å²) in [6.07, 6.45) is 1.94. The molecule has 0 amide bonds. The molecule has 0 aromatic carbocycles. The molecule has 1 aliphatic carbocycles. The van der Waals surface area contributed by atoms with Crippen LogP contribution in [0.5, 0.6) is 0 Å². The summed E-state index contributed by atoms with van der Waals surface area (Å²) in [7, 11) is 0. The molecule has 1 fully saturated rings. The standard InChI is InChI=1S/C10H13N3O/c1-7-6-9(7)10-3-2-8(14-10)4-5-12-13-11/h2-3,7,9H,4-6H2,1H3. The Morgan fingerprint density at radius 3 is 3.07 bits per heavy atom. The third kappa shape index (κ3) is 1.91. The van der Waals surface area contributed by atoms with Crippen LogP contribution in [0.15, 0.2) is 21.7 Å². The molecule has 1 heterocycles. The molecule has 2 rings (SSSR count). The lowest BCUT2D eigenvalue weighted by Gasteiger charge is -1.92. The minimum absolute atomic E-state index is 0.476. The summed E-state index contributed by atoms with van der Waals surface area (Å²) in [5.74, 6) is 3.41. The minimum atomic E-state index is 0.476. The second kappa shape index (κ2) is 3.76. The Labute approximate surface area is 82.5 Å². The Morgan fingerprint density at radius 2 is 2.43 bits per heavy atom. The van der Waals surface area contributed by atoms with Gasteiger partial charge in [-0.05, 0) is 30.0 Å². The maximum absolute atomic E-state index is 8.11. The van der Waals surface area contributed by atoms with Gasteiger partial charge < -0.3 is 4.42 Å². The Morgan fingerprint density at radius 1 is 1.64 bits per heavy atom. The van der Waals surface area contributed by atoms with Gasteiger partial charge in [-0.15, -0.1) is 0 Å². The van der Waals surface area contributed by atoms with Crippen molar-refractivity contribution >= 4 is 0 Å². The molecule has 74 valence electrons. The molecule has 1 aromatic rings. The molecule has 0 spiro atoms. The highest BCUT2D eigenvalue weighted by molar-refractivity contribution is 5.17. The van der Waals surface area contributed by atoms with E-state index in [0.29, 0.717) is 18.9 Å². The number of hydrogen-bond acceptors (Lipinski definition) is 2. The molecule has 2 atom stereocenters. The van der Waals surface area contributed by atoms with Crippen molar-refractivity contribution in [2.24, 2.45) is 11.0 Å². The van der Waals surface area contributed by atoms with E-state index in [1.54, 1.807) is 0 Å².